The van der Waals surface area contributed by atoms with E-state index in [2.05, 4.69) is 28.3 Å². The second kappa shape index (κ2) is 6.50. The fourth-order valence-electron chi connectivity index (χ4n) is 2.84. The number of rotatable bonds is 5. The van der Waals surface area contributed by atoms with Crippen molar-refractivity contribution in [2.45, 2.75) is 38.7 Å². The molecular weight excluding hydrogens is 270 g/mol. The highest BCUT2D eigenvalue weighted by atomic mass is 32.1. The van der Waals surface area contributed by atoms with Crippen molar-refractivity contribution in [3.63, 3.8) is 0 Å². The minimum Gasteiger partial charge on any atom is -0.376 e. The summed E-state index contributed by atoms with van der Waals surface area (Å²) in [5, 5.41) is 6.51. The summed E-state index contributed by atoms with van der Waals surface area (Å²) in [5.41, 5.74) is 0. The summed E-state index contributed by atoms with van der Waals surface area (Å²) in [5.74, 6) is 1.61. The number of aromatic nitrogens is 2. The lowest BCUT2D eigenvalue weighted by Gasteiger charge is -2.28. The predicted molar refractivity (Wildman–Crippen MR) is 83.3 cm³/mol. The molecule has 2 aromatic heterocycles. The molecular formula is C15H21N3OS. The lowest BCUT2D eigenvalue weighted by molar-refractivity contribution is 0.000380. The van der Waals surface area contributed by atoms with Crippen molar-refractivity contribution in [2.24, 2.45) is 5.92 Å². The van der Waals surface area contributed by atoms with Gasteiger partial charge in [-0.05, 0) is 30.2 Å². The average molecular weight is 291 g/mol. The molecule has 0 saturated heterocycles. The fourth-order valence-corrected chi connectivity index (χ4v) is 3.57. The highest BCUT2D eigenvalue weighted by Gasteiger charge is 2.21. The molecule has 0 unspecified atom stereocenters. The second-order valence-corrected chi connectivity index (χ2v) is 6.35. The fraction of sp³-hybridized carbons (Fsp3) is 0.600. The van der Waals surface area contributed by atoms with Gasteiger partial charge < -0.3 is 10.1 Å². The van der Waals surface area contributed by atoms with Crippen LogP contribution in [0.2, 0.25) is 0 Å². The molecule has 108 valence electrons. The maximum Gasteiger partial charge on any atom is 0.138 e. The molecule has 0 amide bonds. The molecule has 5 heteroatoms. The molecule has 2 aromatic rings. The minimum absolute atomic E-state index is 0.442. The standard InChI is InChI=1S/C15H21N3OS/c1-11-4-2-3-5-13(11)19-8-7-16-14-12-6-9-20-15(12)18-10-17-14/h6,9-11,13H,2-5,7-8H2,1H3,(H,16,17,18)/t11-,13-/m1/s1. The van der Waals surface area contributed by atoms with Gasteiger partial charge in [-0.2, -0.15) is 0 Å². The number of ether oxygens (including phenoxy) is 1. The van der Waals surface area contributed by atoms with Gasteiger partial charge >= 0.3 is 0 Å². The monoisotopic (exact) mass is 291 g/mol. The predicted octanol–water partition coefficient (Wildman–Crippen LogP) is 3.70. The van der Waals surface area contributed by atoms with Gasteiger partial charge in [0.2, 0.25) is 0 Å². The van der Waals surface area contributed by atoms with E-state index in [-0.39, 0.29) is 0 Å². The molecule has 1 N–H and O–H groups in total. The molecule has 1 aliphatic rings. The Morgan fingerprint density at radius 3 is 3.15 bits per heavy atom. The van der Waals surface area contributed by atoms with Crippen LogP contribution in [0.5, 0.6) is 0 Å². The quantitative estimate of drug-likeness (QED) is 0.853. The summed E-state index contributed by atoms with van der Waals surface area (Å²) in [4.78, 5) is 9.59. The van der Waals surface area contributed by atoms with Gasteiger partial charge in [0.05, 0.1) is 18.1 Å². The third-order valence-electron chi connectivity index (χ3n) is 4.02. The van der Waals surface area contributed by atoms with E-state index in [1.165, 1.54) is 25.7 Å². The van der Waals surface area contributed by atoms with E-state index in [0.717, 1.165) is 29.2 Å². The van der Waals surface area contributed by atoms with Crippen LogP contribution < -0.4 is 5.32 Å². The molecule has 2 heterocycles. The number of anilines is 1. The zero-order valence-electron chi connectivity index (χ0n) is 11.8. The molecule has 1 saturated carbocycles. The first-order valence-corrected chi connectivity index (χ1v) is 8.26. The highest BCUT2D eigenvalue weighted by Crippen LogP contribution is 2.26. The van der Waals surface area contributed by atoms with Gasteiger partial charge in [0, 0.05) is 6.54 Å². The van der Waals surface area contributed by atoms with Crippen LogP contribution in [-0.4, -0.2) is 29.2 Å². The van der Waals surface area contributed by atoms with Crippen molar-refractivity contribution in [1.29, 1.82) is 0 Å². The third-order valence-corrected chi connectivity index (χ3v) is 4.84. The van der Waals surface area contributed by atoms with Crippen molar-refractivity contribution in [1.82, 2.24) is 9.97 Å². The lowest BCUT2D eigenvalue weighted by atomic mass is 9.88. The molecule has 1 fully saturated rings. The molecule has 3 rings (SSSR count). The van der Waals surface area contributed by atoms with Gasteiger partial charge in [0.25, 0.3) is 0 Å². The number of nitrogens with zero attached hydrogens (tertiary/aromatic N) is 2. The van der Waals surface area contributed by atoms with E-state index >= 15 is 0 Å². The van der Waals surface area contributed by atoms with E-state index in [0.29, 0.717) is 12.0 Å². The van der Waals surface area contributed by atoms with Crippen LogP contribution in [0.25, 0.3) is 10.2 Å². The molecule has 1 aliphatic carbocycles. The Morgan fingerprint density at radius 1 is 1.35 bits per heavy atom. The smallest absolute Gasteiger partial charge is 0.138 e. The molecule has 0 aromatic carbocycles. The van der Waals surface area contributed by atoms with Crippen LogP contribution in [0, 0.1) is 5.92 Å². The maximum absolute atomic E-state index is 6.01. The van der Waals surface area contributed by atoms with Crippen LogP contribution in [0.4, 0.5) is 5.82 Å². The Labute approximate surface area is 123 Å². The second-order valence-electron chi connectivity index (χ2n) is 5.46. The van der Waals surface area contributed by atoms with Crippen LogP contribution in [-0.2, 0) is 4.74 Å². The SMILES string of the molecule is C[C@@H]1CCCC[C@H]1OCCNc1ncnc2sccc12. The Balaban J connectivity index is 1.49. The van der Waals surface area contributed by atoms with Gasteiger partial charge in [-0.1, -0.05) is 19.8 Å². The summed E-state index contributed by atoms with van der Waals surface area (Å²) in [6, 6.07) is 2.06. The summed E-state index contributed by atoms with van der Waals surface area (Å²) < 4.78 is 6.01. The largest absolute Gasteiger partial charge is 0.376 e. The lowest BCUT2D eigenvalue weighted by Crippen LogP contribution is -2.27. The van der Waals surface area contributed by atoms with E-state index in [9.17, 15) is 0 Å². The maximum atomic E-state index is 6.01. The summed E-state index contributed by atoms with van der Waals surface area (Å²) in [6.07, 6.45) is 7.24. The summed E-state index contributed by atoms with van der Waals surface area (Å²) in [7, 11) is 0. The van der Waals surface area contributed by atoms with Crippen LogP contribution in [0.3, 0.4) is 0 Å². The highest BCUT2D eigenvalue weighted by molar-refractivity contribution is 7.16. The average Bonchev–Trinajstić information content (AvgIpc) is 2.94. The van der Waals surface area contributed by atoms with E-state index in [1.807, 2.05) is 5.38 Å². The van der Waals surface area contributed by atoms with Crippen molar-refractivity contribution >= 4 is 27.4 Å². The van der Waals surface area contributed by atoms with Crippen molar-refractivity contribution in [3.8, 4) is 0 Å². The van der Waals surface area contributed by atoms with Crippen molar-refractivity contribution in [3.05, 3.63) is 17.8 Å². The van der Waals surface area contributed by atoms with Gasteiger partial charge in [-0.25, -0.2) is 9.97 Å². The molecule has 4 nitrogen and oxygen atoms in total. The Morgan fingerprint density at radius 2 is 2.25 bits per heavy atom. The molecule has 0 bridgehead atoms. The molecule has 0 radical (unpaired) electrons. The van der Waals surface area contributed by atoms with Crippen LogP contribution in [0.15, 0.2) is 17.8 Å². The number of thiophene rings is 1. The number of fused-ring (bicyclic) bond motifs is 1. The Kier molecular flexibility index (Phi) is 4.47. The van der Waals surface area contributed by atoms with Crippen LogP contribution >= 0.6 is 11.3 Å². The summed E-state index contributed by atoms with van der Waals surface area (Å²) in [6.45, 7) is 3.84. The Bertz CT molecular complexity index is 557. The van der Waals surface area contributed by atoms with E-state index in [4.69, 9.17) is 4.74 Å². The third kappa shape index (κ3) is 3.10. The van der Waals surface area contributed by atoms with Gasteiger partial charge in [0.15, 0.2) is 0 Å². The van der Waals surface area contributed by atoms with Gasteiger partial charge in [-0.3, -0.25) is 0 Å². The minimum atomic E-state index is 0.442. The molecule has 2 atom stereocenters. The van der Waals surface area contributed by atoms with Crippen molar-refractivity contribution < 1.29 is 4.74 Å². The number of nitrogens with one attached hydrogen (secondary N) is 1. The van der Waals surface area contributed by atoms with Gasteiger partial charge in [-0.15, -0.1) is 11.3 Å². The summed E-state index contributed by atoms with van der Waals surface area (Å²) >= 11 is 1.64. The zero-order valence-corrected chi connectivity index (χ0v) is 12.7. The molecule has 0 spiro atoms. The van der Waals surface area contributed by atoms with Gasteiger partial charge in [0.1, 0.15) is 17.0 Å². The normalized spacial score (nSPS) is 23.1. The molecule has 0 aliphatic heterocycles. The first-order valence-electron chi connectivity index (χ1n) is 7.38. The molecule has 20 heavy (non-hydrogen) atoms. The first kappa shape index (κ1) is 13.8. The van der Waals surface area contributed by atoms with E-state index in [1.54, 1.807) is 17.7 Å². The zero-order chi connectivity index (χ0) is 13.8. The van der Waals surface area contributed by atoms with Crippen molar-refractivity contribution in [2.75, 3.05) is 18.5 Å². The van der Waals surface area contributed by atoms with E-state index < -0.39 is 0 Å². The first-order chi connectivity index (χ1) is 9.84. The number of hydrogen-bond acceptors (Lipinski definition) is 5. The Hall–Kier alpha value is -1.20. The van der Waals surface area contributed by atoms with Crippen LogP contribution in [0.1, 0.15) is 32.6 Å². The number of hydrogen-bond donors (Lipinski definition) is 1. The topological polar surface area (TPSA) is 47.0 Å².